The number of methoxy groups -OCH3 is 1. The predicted molar refractivity (Wildman–Crippen MR) is 104 cm³/mol. The first-order valence-corrected chi connectivity index (χ1v) is 10.3. The average molecular weight is 392 g/mol. The van der Waals surface area contributed by atoms with Crippen molar-refractivity contribution in [3.63, 3.8) is 0 Å². The number of nitrogens with zero attached hydrogens (tertiary/aromatic N) is 1. The first-order valence-electron chi connectivity index (χ1n) is 8.46. The van der Waals surface area contributed by atoms with Crippen LogP contribution in [0.3, 0.4) is 0 Å². The van der Waals surface area contributed by atoms with Gasteiger partial charge in [-0.15, -0.1) is 0 Å². The van der Waals surface area contributed by atoms with Crippen LogP contribution in [0.5, 0.6) is 11.5 Å². The van der Waals surface area contributed by atoms with Gasteiger partial charge in [-0.25, -0.2) is 8.42 Å². The van der Waals surface area contributed by atoms with Gasteiger partial charge in [0.05, 0.1) is 18.6 Å². The van der Waals surface area contributed by atoms with Gasteiger partial charge >= 0.3 is 0 Å². The monoisotopic (exact) mass is 392 g/mol. The molecule has 0 radical (unpaired) electrons. The van der Waals surface area contributed by atoms with Crippen molar-refractivity contribution >= 4 is 21.6 Å². The Balaban J connectivity index is 1.99. The molecule has 1 N–H and O–H groups in total. The molecule has 0 fully saturated rings. The lowest BCUT2D eigenvalue weighted by molar-refractivity contribution is -0.116. The van der Waals surface area contributed by atoms with E-state index in [-0.39, 0.29) is 32.0 Å². The first-order chi connectivity index (χ1) is 12.9. The zero-order valence-corrected chi connectivity index (χ0v) is 16.2. The number of sulfonamides is 1. The second kappa shape index (κ2) is 10.1. The fourth-order valence-electron chi connectivity index (χ4n) is 2.35. The van der Waals surface area contributed by atoms with Gasteiger partial charge in [0.2, 0.25) is 15.9 Å². The number of amides is 1. The molecule has 0 aliphatic rings. The van der Waals surface area contributed by atoms with Crippen molar-refractivity contribution in [2.24, 2.45) is 0 Å². The molecule has 8 heteroatoms. The molecule has 0 saturated carbocycles. The van der Waals surface area contributed by atoms with E-state index in [1.165, 1.54) is 11.4 Å². The molecule has 0 saturated heterocycles. The number of hydrogen-bond donors (Lipinski definition) is 1. The Morgan fingerprint density at radius 2 is 1.70 bits per heavy atom. The van der Waals surface area contributed by atoms with Gasteiger partial charge in [-0.05, 0) is 24.3 Å². The molecular formula is C19H24N2O5S. The number of ether oxygens (including phenoxy) is 2. The fraction of sp³-hybridized carbons (Fsp3) is 0.316. The molecule has 0 bridgehead atoms. The minimum Gasteiger partial charge on any atom is -0.455 e. The van der Waals surface area contributed by atoms with Crippen molar-refractivity contribution in [2.75, 3.05) is 38.4 Å². The van der Waals surface area contributed by atoms with Crippen molar-refractivity contribution in [2.45, 2.75) is 6.42 Å². The predicted octanol–water partition coefficient (Wildman–Crippen LogP) is 2.72. The normalized spacial score (nSPS) is 11.4. The summed E-state index contributed by atoms with van der Waals surface area (Å²) in [7, 11) is -1.91. The lowest BCUT2D eigenvalue weighted by Crippen LogP contribution is -2.35. The topological polar surface area (TPSA) is 84.9 Å². The third-order valence-electron chi connectivity index (χ3n) is 3.73. The van der Waals surface area contributed by atoms with Gasteiger partial charge in [-0.3, -0.25) is 4.79 Å². The number of carbonyl (C=O) groups is 1. The summed E-state index contributed by atoms with van der Waals surface area (Å²) >= 11 is 0. The molecule has 2 aromatic rings. The molecule has 2 aromatic carbocycles. The summed E-state index contributed by atoms with van der Waals surface area (Å²) in [6, 6.07) is 16.3. The van der Waals surface area contributed by atoms with Gasteiger partial charge in [0.25, 0.3) is 0 Å². The largest absolute Gasteiger partial charge is 0.455 e. The maximum Gasteiger partial charge on any atom is 0.225 e. The Kier molecular flexibility index (Phi) is 7.78. The summed E-state index contributed by atoms with van der Waals surface area (Å²) in [4.78, 5) is 12.3. The second-order valence-corrected chi connectivity index (χ2v) is 7.85. The highest BCUT2D eigenvalue weighted by atomic mass is 32.2. The van der Waals surface area contributed by atoms with Crippen molar-refractivity contribution in [1.29, 1.82) is 0 Å². The molecule has 146 valence electrons. The van der Waals surface area contributed by atoms with Crippen molar-refractivity contribution < 1.29 is 22.7 Å². The lowest BCUT2D eigenvalue weighted by Gasteiger charge is -2.19. The summed E-state index contributed by atoms with van der Waals surface area (Å²) in [6.45, 7) is 0.550. The van der Waals surface area contributed by atoms with E-state index < -0.39 is 10.0 Å². The Labute approximate surface area is 160 Å². The third kappa shape index (κ3) is 7.01. The maximum atomic E-state index is 12.3. The summed E-state index contributed by atoms with van der Waals surface area (Å²) in [5, 5.41) is 2.78. The molecule has 0 spiro atoms. The van der Waals surface area contributed by atoms with E-state index in [1.807, 2.05) is 36.4 Å². The Hall–Kier alpha value is -2.42. The number of benzene rings is 2. The Morgan fingerprint density at radius 3 is 2.37 bits per heavy atom. The van der Waals surface area contributed by atoms with E-state index in [0.717, 1.165) is 6.26 Å². The van der Waals surface area contributed by atoms with Crippen LogP contribution in [0.1, 0.15) is 6.42 Å². The van der Waals surface area contributed by atoms with Gasteiger partial charge in [0.15, 0.2) is 5.75 Å². The first kappa shape index (κ1) is 20.9. The van der Waals surface area contributed by atoms with Crippen molar-refractivity contribution in [3.05, 3.63) is 54.6 Å². The number of carbonyl (C=O) groups excluding carboxylic acids is 1. The van der Waals surface area contributed by atoms with Crippen LogP contribution < -0.4 is 10.1 Å². The van der Waals surface area contributed by atoms with E-state index in [0.29, 0.717) is 17.2 Å². The van der Waals surface area contributed by atoms with Gasteiger partial charge in [0, 0.05) is 26.6 Å². The number of hydrogen-bond acceptors (Lipinski definition) is 5. The van der Waals surface area contributed by atoms with Crippen LogP contribution in [-0.4, -0.2) is 51.7 Å². The van der Waals surface area contributed by atoms with E-state index >= 15 is 0 Å². The third-order valence-corrected chi connectivity index (χ3v) is 5.04. The van der Waals surface area contributed by atoms with Gasteiger partial charge in [-0.2, -0.15) is 4.31 Å². The van der Waals surface area contributed by atoms with Crippen LogP contribution >= 0.6 is 0 Å². The molecule has 2 rings (SSSR count). The fourth-order valence-corrected chi connectivity index (χ4v) is 3.18. The highest BCUT2D eigenvalue weighted by Gasteiger charge is 2.18. The Bertz CT molecular complexity index is 840. The van der Waals surface area contributed by atoms with Gasteiger partial charge in [0.1, 0.15) is 5.75 Å². The van der Waals surface area contributed by atoms with Crippen LogP contribution in [0, 0.1) is 0 Å². The average Bonchev–Trinajstić information content (AvgIpc) is 2.63. The van der Waals surface area contributed by atoms with Crippen LogP contribution in [-0.2, 0) is 19.6 Å². The zero-order chi connectivity index (χ0) is 19.7. The molecule has 7 nitrogen and oxygen atoms in total. The molecule has 0 aromatic heterocycles. The molecule has 0 aliphatic heterocycles. The minimum atomic E-state index is -3.41. The van der Waals surface area contributed by atoms with Crippen LogP contribution in [0.15, 0.2) is 54.6 Å². The molecule has 27 heavy (non-hydrogen) atoms. The second-order valence-electron chi connectivity index (χ2n) is 5.86. The number of rotatable bonds is 10. The number of nitrogens with one attached hydrogen (secondary N) is 1. The smallest absolute Gasteiger partial charge is 0.225 e. The van der Waals surface area contributed by atoms with E-state index in [9.17, 15) is 13.2 Å². The molecule has 0 aliphatic carbocycles. The summed E-state index contributed by atoms with van der Waals surface area (Å²) in [5.74, 6) is 0.864. The standard InChI is InChI=1S/C19H24N2O5S/c1-25-15-14-21(27(2,23)24)13-12-19(22)20-17-10-6-7-11-18(17)26-16-8-4-3-5-9-16/h3-11H,12-15H2,1-2H3,(H,20,22). The Morgan fingerprint density at radius 1 is 1.04 bits per heavy atom. The summed E-state index contributed by atoms with van der Waals surface area (Å²) in [5.41, 5.74) is 0.522. The summed E-state index contributed by atoms with van der Waals surface area (Å²) < 4.78 is 35.5. The van der Waals surface area contributed by atoms with Crippen LogP contribution in [0.25, 0.3) is 0 Å². The van der Waals surface area contributed by atoms with Crippen LogP contribution in [0.4, 0.5) is 5.69 Å². The van der Waals surface area contributed by atoms with Gasteiger partial charge in [-0.1, -0.05) is 30.3 Å². The SMILES string of the molecule is COCCN(CCC(=O)Nc1ccccc1Oc1ccccc1)S(C)(=O)=O. The van der Waals surface area contributed by atoms with E-state index in [1.54, 1.807) is 18.2 Å². The zero-order valence-electron chi connectivity index (χ0n) is 15.4. The quantitative estimate of drug-likeness (QED) is 0.672. The molecule has 0 unspecified atom stereocenters. The maximum absolute atomic E-state index is 12.3. The van der Waals surface area contributed by atoms with E-state index in [4.69, 9.17) is 9.47 Å². The van der Waals surface area contributed by atoms with Crippen LogP contribution in [0.2, 0.25) is 0 Å². The molecule has 1 amide bonds. The molecular weight excluding hydrogens is 368 g/mol. The lowest BCUT2D eigenvalue weighted by atomic mass is 10.2. The number of anilines is 1. The molecule has 0 heterocycles. The van der Waals surface area contributed by atoms with Crippen molar-refractivity contribution in [3.8, 4) is 11.5 Å². The number of para-hydroxylation sites is 3. The van der Waals surface area contributed by atoms with Gasteiger partial charge < -0.3 is 14.8 Å². The highest BCUT2D eigenvalue weighted by Crippen LogP contribution is 2.29. The molecule has 0 atom stereocenters. The van der Waals surface area contributed by atoms with E-state index in [2.05, 4.69) is 5.32 Å². The highest BCUT2D eigenvalue weighted by molar-refractivity contribution is 7.88. The minimum absolute atomic E-state index is 0.0243. The van der Waals surface area contributed by atoms with Crippen molar-refractivity contribution in [1.82, 2.24) is 4.31 Å². The summed E-state index contributed by atoms with van der Waals surface area (Å²) in [6.07, 6.45) is 1.14.